The van der Waals surface area contributed by atoms with Crippen LogP contribution in [0.25, 0.3) is 0 Å². The lowest BCUT2D eigenvalue weighted by atomic mass is 9.33. The minimum absolute atomic E-state index is 0.00288. The molecule has 4 fully saturated rings. The Bertz CT molecular complexity index is 1580. The zero-order valence-corrected chi connectivity index (χ0v) is 31.1. The van der Waals surface area contributed by atoms with E-state index in [4.69, 9.17) is 4.74 Å². The molecule has 1 aromatic heterocycles. The van der Waals surface area contributed by atoms with Crippen LogP contribution in [0.2, 0.25) is 0 Å². The normalized spacial score (nSPS) is 38.2. The summed E-state index contributed by atoms with van der Waals surface area (Å²) in [6, 6.07) is 0. The summed E-state index contributed by atoms with van der Waals surface area (Å²) in [7, 11) is 0. The maximum absolute atomic E-state index is 14.3. The molecule has 268 valence electrons. The number of aromatic nitrogens is 2. The molecule has 3 unspecified atom stereocenters. The van der Waals surface area contributed by atoms with Gasteiger partial charge >= 0.3 is 11.9 Å². The van der Waals surface area contributed by atoms with Gasteiger partial charge in [-0.3, -0.25) is 19.2 Å². The van der Waals surface area contributed by atoms with Crippen LogP contribution in [0.1, 0.15) is 127 Å². The summed E-state index contributed by atoms with van der Waals surface area (Å²) in [6.07, 6.45) is 11.8. The average Bonchev–Trinajstić information content (AvgIpc) is 3.32. The molecule has 1 amide bonds. The molecule has 1 aromatic rings. The van der Waals surface area contributed by atoms with Crippen molar-refractivity contribution in [3.8, 4) is 0 Å². The van der Waals surface area contributed by atoms with Gasteiger partial charge in [-0.05, 0) is 116 Å². The van der Waals surface area contributed by atoms with Gasteiger partial charge in [0.15, 0.2) is 5.78 Å². The maximum Gasteiger partial charge on any atom is 0.309 e. The first-order valence-electron chi connectivity index (χ1n) is 18.5. The predicted molar refractivity (Wildman–Crippen MR) is 186 cm³/mol. The molecule has 0 radical (unpaired) electrons. The third-order valence-corrected chi connectivity index (χ3v) is 15.1. The second kappa shape index (κ2) is 11.7. The van der Waals surface area contributed by atoms with E-state index in [1.165, 1.54) is 6.33 Å². The molecule has 1 heterocycles. The number of amides is 1. The molecule has 6 rings (SSSR count). The minimum atomic E-state index is -1.17. The largest absolute Gasteiger partial charge is 0.481 e. The number of carbonyl (C=O) groups excluding carboxylic acids is 3. The fourth-order valence-corrected chi connectivity index (χ4v) is 12.3. The molecule has 0 saturated heterocycles. The summed E-state index contributed by atoms with van der Waals surface area (Å²) in [6.45, 7) is 19.3. The van der Waals surface area contributed by atoms with Crippen LogP contribution in [0.4, 0.5) is 5.69 Å². The SMILES string of the molecule is CC(C)C1=C2C3CCC4[C@@]5(C)CC[C@H](OC(=O)CC(C)(C)C(=O)O)C(C)(C)C5CC[C@@]4(C)[C@]3(C)CC[C@@]2(C(=O)Nc2cncnc2)CC1=O. The lowest BCUT2D eigenvalue weighted by Crippen LogP contribution is -2.66. The molecule has 0 bridgehead atoms. The molecular formula is C40H57N3O6. The number of ether oxygens (including phenoxy) is 1. The lowest BCUT2D eigenvalue weighted by molar-refractivity contribution is -0.233. The number of allylic oxidation sites excluding steroid dienone is 1. The number of hydrogen-bond donors (Lipinski definition) is 2. The number of nitrogens with one attached hydrogen (secondary N) is 1. The van der Waals surface area contributed by atoms with Crippen LogP contribution in [-0.4, -0.2) is 44.8 Å². The van der Waals surface area contributed by atoms with Crippen molar-refractivity contribution >= 4 is 29.3 Å². The summed E-state index contributed by atoms with van der Waals surface area (Å²) >= 11 is 0. The second-order valence-electron chi connectivity index (χ2n) is 18.6. The summed E-state index contributed by atoms with van der Waals surface area (Å²) in [5, 5.41) is 12.7. The highest BCUT2D eigenvalue weighted by Gasteiger charge is 2.71. The van der Waals surface area contributed by atoms with Crippen LogP contribution >= 0.6 is 0 Å². The highest BCUT2D eigenvalue weighted by molar-refractivity contribution is 6.09. The summed E-state index contributed by atoms with van der Waals surface area (Å²) in [5.74, 6) is -0.434. The van der Waals surface area contributed by atoms with Crippen LogP contribution in [0.5, 0.6) is 0 Å². The van der Waals surface area contributed by atoms with Crippen LogP contribution in [0, 0.1) is 56.2 Å². The van der Waals surface area contributed by atoms with E-state index in [2.05, 4.69) is 63.8 Å². The second-order valence-corrected chi connectivity index (χ2v) is 18.6. The number of ketones is 1. The van der Waals surface area contributed by atoms with E-state index in [0.29, 0.717) is 23.9 Å². The monoisotopic (exact) mass is 675 g/mol. The van der Waals surface area contributed by atoms with Gasteiger partial charge in [0.1, 0.15) is 12.4 Å². The number of carbonyl (C=O) groups is 4. The Morgan fingerprint density at radius 3 is 2.24 bits per heavy atom. The highest BCUT2D eigenvalue weighted by Crippen LogP contribution is 2.76. The van der Waals surface area contributed by atoms with Gasteiger partial charge in [0.2, 0.25) is 5.91 Å². The van der Waals surface area contributed by atoms with Crippen LogP contribution in [0.15, 0.2) is 29.9 Å². The van der Waals surface area contributed by atoms with Gasteiger partial charge in [0, 0.05) is 11.8 Å². The molecule has 9 heteroatoms. The van der Waals surface area contributed by atoms with Gasteiger partial charge < -0.3 is 15.2 Å². The molecule has 5 aliphatic rings. The van der Waals surface area contributed by atoms with E-state index < -0.39 is 22.8 Å². The van der Waals surface area contributed by atoms with Gasteiger partial charge in [-0.2, -0.15) is 0 Å². The zero-order chi connectivity index (χ0) is 35.9. The molecule has 0 spiro atoms. The summed E-state index contributed by atoms with van der Waals surface area (Å²) < 4.78 is 6.14. The van der Waals surface area contributed by atoms with Crippen LogP contribution in [-0.2, 0) is 23.9 Å². The van der Waals surface area contributed by atoms with E-state index in [9.17, 15) is 24.3 Å². The average molecular weight is 676 g/mol. The molecule has 2 N–H and O–H groups in total. The number of nitrogens with zero attached hydrogens (tertiary/aromatic N) is 2. The van der Waals surface area contributed by atoms with Gasteiger partial charge in [-0.1, -0.05) is 48.5 Å². The minimum Gasteiger partial charge on any atom is -0.481 e. The Morgan fingerprint density at radius 2 is 1.61 bits per heavy atom. The lowest BCUT2D eigenvalue weighted by Gasteiger charge is -2.72. The number of Topliss-reactive ketones (excluding diaryl/α,β-unsaturated/α-hetero) is 1. The number of carboxylic acids is 1. The number of hydrogen-bond acceptors (Lipinski definition) is 7. The molecule has 0 aromatic carbocycles. The topological polar surface area (TPSA) is 136 Å². The Kier molecular flexibility index (Phi) is 8.55. The fourth-order valence-electron chi connectivity index (χ4n) is 12.3. The van der Waals surface area contributed by atoms with Crippen molar-refractivity contribution in [3.05, 3.63) is 29.9 Å². The maximum atomic E-state index is 14.3. The first-order valence-corrected chi connectivity index (χ1v) is 18.5. The van der Waals surface area contributed by atoms with Crippen LogP contribution < -0.4 is 5.32 Å². The van der Waals surface area contributed by atoms with Crippen molar-refractivity contribution < 1.29 is 29.0 Å². The number of carboxylic acid groups (broad SMARTS) is 1. The smallest absolute Gasteiger partial charge is 0.309 e. The van der Waals surface area contributed by atoms with Gasteiger partial charge in [0.25, 0.3) is 0 Å². The Labute approximate surface area is 291 Å². The number of anilines is 1. The van der Waals surface area contributed by atoms with E-state index in [0.717, 1.165) is 56.1 Å². The summed E-state index contributed by atoms with van der Waals surface area (Å²) in [4.78, 5) is 61.2. The van der Waals surface area contributed by atoms with Crippen LogP contribution in [0.3, 0.4) is 0 Å². The van der Waals surface area contributed by atoms with Gasteiger partial charge in [-0.25, -0.2) is 9.97 Å². The van der Waals surface area contributed by atoms with Crippen molar-refractivity contribution in [2.75, 3.05) is 5.32 Å². The Balaban J connectivity index is 1.31. The number of fused-ring (bicyclic) bond motifs is 7. The quantitative estimate of drug-likeness (QED) is 0.280. The standard InChI is InChI=1S/C40H57N3O6/c1-23(2)31-26(44)18-40(33(46)43-24-20-41-22-42-21-24)17-16-38(8)25(32(31)40)10-11-28-37(7)14-13-29(49-30(45)19-35(3,4)34(47)48)36(5,6)27(37)12-15-39(28,38)9/h20-23,25,27-29H,10-19H2,1-9H3,(H,43,46)(H,47,48)/t25?,27?,28?,29-,37-,38+,39+,40+/m0/s1. The van der Waals surface area contributed by atoms with Crippen molar-refractivity contribution in [1.82, 2.24) is 9.97 Å². The van der Waals surface area contributed by atoms with E-state index in [-0.39, 0.29) is 64.1 Å². The summed E-state index contributed by atoms with van der Waals surface area (Å²) in [5.41, 5.74) is 0.220. The van der Waals surface area contributed by atoms with Crippen molar-refractivity contribution in [2.24, 2.45) is 56.2 Å². The van der Waals surface area contributed by atoms with E-state index >= 15 is 0 Å². The number of rotatable bonds is 7. The first kappa shape index (κ1) is 35.7. The molecule has 49 heavy (non-hydrogen) atoms. The van der Waals surface area contributed by atoms with E-state index in [1.54, 1.807) is 26.2 Å². The Hall–Kier alpha value is -3.10. The molecule has 9 nitrogen and oxygen atoms in total. The fraction of sp³-hybridized carbons (Fsp3) is 0.750. The number of aliphatic carboxylic acids is 1. The predicted octanol–water partition coefficient (Wildman–Crippen LogP) is 7.81. The molecule has 0 aliphatic heterocycles. The van der Waals surface area contributed by atoms with Crippen molar-refractivity contribution in [3.63, 3.8) is 0 Å². The van der Waals surface area contributed by atoms with Crippen molar-refractivity contribution in [1.29, 1.82) is 0 Å². The third kappa shape index (κ3) is 5.21. The van der Waals surface area contributed by atoms with Gasteiger partial charge in [0.05, 0.1) is 35.3 Å². The molecule has 4 saturated carbocycles. The molecule has 8 atom stereocenters. The number of esters is 1. The first-order chi connectivity index (χ1) is 22.7. The Morgan fingerprint density at radius 1 is 0.939 bits per heavy atom. The molecular weight excluding hydrogens is 618 g/mol. The van der Waals surface area contributed by atoms with E-state index in [1.807, 2.05) is 0 Å². The zero-order valence-electron chi connectivity index (χ0n) is 31.1. The van der Waals surface area contributed by atoms with Crippen molar-refractivity contribution in [2.45, 2.75) is 133 Å². The molecule has 5 aliphatic carbocycles. The third-order valence-electron chi connectivity index (χ3n) is 15.1. The highest BCUT2D eigenvalue weighted by atomic mass is 16.5. The van der Waals surface area contributed by atoms with Gasteiger partial charge in [-0.15, -0.1) is 0 Å².